The number of carbonyl (C=O) groups is 14. The smallest absolute Gasteiger partial charge is 0.328 e. The number of aliphatic hydroxyl groups is 3. The van der Waals surface area contributed by atoms with Gasteiger partial charge in [0.2, 0.25) is 65.0 Å². The van der Waals surface area contributed by atoms with Crippen molar-refractivity contribution in [2.75, 3.05) is 6.61 Å². The van der Waals surface area contributed by atoms with Crippen LogP contribution in [0.4, 0.5) is 0 Å². The summed E-state index contributed by atoms with van der Waals surface area (Å²) in [6, 6.07) is -4.74. The summed E-state index contributed by atoms with van der Waals surface area (Å²) < 4.78 is 0. The number of carboxylic acids is 3. The first kappa shape index (κ1) is 73.8. The van der Waals surface area contributed by atoms with Crippen LogP contribution in [0.25, 0.3) is 0 Å². The number of hydrogen-bond donors (Lipinski definition) is 19. The van der Waals surface area contributed by atoms with Crippen molar-refractivity contribution >= 4 is 82.9 Å². The maximum atomic E-state index is 14.6. The minimum atomic E-state index is -1.92. The molecule has 13 atom stereocenters. The number of carboxylic acid groups (broad SMARTS) is 3. The van der Waals surface area contributed by atoms with Crippen LogP contribution in [0.5, 0.6) is 5.75 Å². The van der Waals surface area contributed by atoms with Gasteiger partial charge in [-0.1, -0.05) is 62.7 Å². The van der Waals surface area contributed by atoms with Crippen LogP contribution in [0.2, 0.25) is 0 Å². The minimum Gasteiger partial charge on any atom is -0.508 e. The molecule has 0 radical (unpaired) electrons. The van der Waals surface area contributed by atoms with E-state index >= 15 is 0 Å². The molecule has 480 valence electrons. The Morgan fingerprint density at radius 2 is 0.816 bits per heavy atom. The van der Waals surface area contributed by atoms with Crippen molar-refractivity contribution in [3.8, 4) is 5.75 Å². The summed E-state index contributed by atoms with van der Waals surface area (Å²) in [4.78, 5) is 183. The zero-order valence-corrected chi connectivity index (χ0v) is 48.1. The summed E-state index contributed by atoms with van der Waals surface area (Å²) in [7, 11) is 0. The average molecular weight is 1230 g/mol. The largest absolute Gasteiger partial charge is 0.508 e. The van der Waals surface area contributed by atoms with E-state index in [2.05, 4.69) is 42.5 Å². The number of aliphatic carboxylic acids is 3. The normalized spacial score (nSPS) is 15.5. The van der Waals surface area contributed by atoms with E-state index in [4.69, 9.17) is 17.2 Å². The lowest BCUT2D eigenvalue weighted by atomic mass is 9.97. The van der Waals surface area contributed by atoms with Crippen LogP contribution in [0.15, 0.2) is 54.6 Å². The first-order chi connectivity index (χ1) is 40.8. The number of phenolic OH excluding ortho intramolecular Hbond substituents is 1. The number of nitrogens with two attached hydrogens (primary N) is 3. The molecule has 0 aliphatic heterocycles. The van der Waals surface area contributed by atoms with Crippen molar-refractivity contribution in [1.82, 2.24) is 47.9 Å². The second kappa shape index (κ2) is 36.5. The molecular formula is C54H78N12O21. The summed E-state index contributed by atoms with van der Waals surface area (Å²) in [5.74, 6) is -18.1. The molecule has 0 spiro atoms. The number of benzene rings is 2. The van der Waals surface area contributed by atoms with E-state index < -0.39 is 219 Å². The zero-order valence-electron chi connectivity index (χ0n) is 48.1. The quantitative estimate of drug-likeness (QED) is 0.0296. The van der Waals surface area contributed by atoms with Gasteiger partial charge < -0.3 is 101 Å². The molecule has 0 saturated carbocycles. The molecule has 0 unspecified atom stereocenters. The molecule has 0 heterocycles. The Hall–Kier alpha value is -9.34. The van der Waals surface area contributed by atoms with Crippen LogP contribution >= 0.6 is 0 Å². The molecule has 2 aromatic carbocycles. The van der Waals surface area contributed by atoms with E-state index in [9.17, 15) is 103 Å². The Balaban J connectivity index is 2.62. The highest BCUT2D eigenvalue weighted by Gasteiger charge is 2.38. The lowest BCUT2D eigenvalue weighted by molar-refractivity contribution is -0.145. The van der Waals surface area contributed by atoms with E-state index in [1.165, 1.54) is 36.4 Å². The fourth-order valence-corrected chi connectivity index (χ4v) is 8.14. The molecule has 87 heavy (non-hydrogen) atoms. The highest BCUT2D eigenvalue weighted by molar-refractivity contribution is 5.99. The maximum Gasteiger partial charge on any atom is 0.328 e. The molecule has 0 saturated heterocycles. The third kappa shape index (κ3) is 26.2. The summed E-state index contributed by atoms with van der Waals surface area (Å²) in [5.41, 5.74) is 16.9. The van der Waals surface area contributed by atoms with Crippen molar-refractivity contribution in [1.29, 1.82) is 0 Å². The van der Waals surface area contributed by atoms with Gasteiger partial charge in [-0.15, -0.1) is 0 Å². The summed E-state index contributed by atoms with van der Waals surface area (Å²) in [6.07, 6.45) is -8.77. The van der Waals surface area contributed by atoms with Crippen molar-refractivity contribution < 1.29 is 103 Å². The first-order valence-corrected chi connectivity index (χ1v) is 27.3. The predicted molar refractivity (Wildman–Crippen MR) is 301 cm³/mol. The van der Waals surface area contributed by atoms with Gasteiger partial charge in [-0.2, -0.15) is 0 Å². The van der Waals surface area contributed by atoms with Gasteiger partial charge in [-0.05, 0) is 62.3 Å². The topological polar surface area (TPSA) is 567 Å². The Morgan fingerprint density at radius 1 is 0.448 bits per heavy atom. The number of nitrogens with one attached hydrogen (secondary N) is 9. The standard InChI is InChI=1S/C54H78N12O21/c1-5-25(2)42(64-45(77)31(55)23-39(57)72)52(84)65-43(26(3)68)53(85)60-34(17-20-41(75)76)46(78)58-33(16-19-40(73)74)47(79)61-35(21-28-9-7-6-8-10-28)50(82)62-36(22-29-11-13-30(70)14-12-29)49(81)59-32(15-18-38(56)71)48(80)63-37(24-67)51(83)66-44(27(4)69)54(86)87/h6-14,25-27,31-37,42-44,67-70H,5,15-24,55H2,1-4H3,(H2,56,71)(H2,57,72)(H,58,78)(H,59,81)(H,60,85)(H,61,79)(H,62,82)(H,63,80)(H,64,77)(H,65,84)(H,66,83)(H,73,74)(H,75,76)(H,86,87)/t25-,26+,27+,31-,32-,33-,34-,35-,36-,37-,42-,43-,44-/m0/s1. The molecule has 0 fully saturated rings. The highest BCUT2D eigenvalue weighted by atomic mass is 16.4. The van der Waals surface area contributed by atoms with Crippen LogP contribution < -0.4 is 65.1 Å². The molecule has 2 aromatic rings. The molecule has 2 rings (SSSR count). The Kier molecular flexibility index (Phi) is 30.9. The highest BCUT2D eigenvalue weighted by Crippen LogP contribution is 2.15. The molecule has 0 aliphatic rings. The van der Waals surface area contributed by atoms with Crippen LogP contribution in [0.1, 0.15) is 90.2 Å². The molecule has 11 amide bonds. The van der Waals surface area contributed by atoms with Gasteiger partial charge in [0.15, 0.2) is 6.04 Å². The zero-order chi connectivity index (χ0) is 65.8. The molecule has 0 aromatic heterocycles. The third-order valence-corrected chi connectivity index (χ3v) is 13.3. The second-order valence-electron chi connectivity index (χ2n) is 20.4. The number of hydrogen-bond acceptors (Lipinski definition) is 19. The van der Waals surface area contributed by atoms with Gasteiger partial charge in [0.1, 0.15) is 54.1 Å². The van der Waals surface area contributed by atoms with Crippen LogP contribution in [-0.2, 0) is 80.0 Å². The predicted octanol–water partition coefficient (Wildman–Crippen LogP) is -6.38. The molecule has 22 N–H and O–H groups in total. The molecule has 0 aliphatic carbocycles. The second-order valence-corrected chi connectivity index (χ2v) is 20.4. The van der Waals surface area contributed by atoms with Crippen molar-refractivity contribution in [3.05, 3.63) is 65.7 Å². The lowest BCUT2D eigenvalue weighted by Gasteiger charge is -2.29. The van der Waals surface area contributed by atoms with Gasteiger partial charge >= 0.3 is 17.9 Å². The van der Waals surface area contributed by atoms with E-state index in [0.717, 1.165) is 13.8 Å². The first-order valence-electron chi connectivity index (χ1n) is 27.3. The van der Waals surface area contributed by atoms with E-state index in [1.54, 1.807) is 32.0 Å². The van der Waals surface area contributed by atoms with E-state index in [-0.39, 0.29) is 24.2 Å². The van der Waals surface area contributed by atoms with Gasteiger partial charge in [-0.25, -0.2) is 4.79 Å². The number of rotatable bonds is 39. The van der Waals surface area contributed by atoms with E-state index in [0.29, 0.717) is 5.56 Å². The third-order valence-electron chi connectivity index (χ3n) is 13.3. The van der Waals surface area contributed by atoms with Gasteiger partial charge in [0, 0.05) is 32.1 Å². The Morgan fingerprint density at radius 3 is 1.22 bits per heavy atom. The molecular weight excluding hydrogens is 1150 g/mol. The Labute approximate surface area is 498 Å². The number of carbonyl (C=O) groups excluding carboxylic acids is 11. The fourth-order valence-electron chi connectivity index (χ4n) is 8.14. The number of aliphatic hydroxyl groups excluding tert-OH is 3. The van der Waals surface area contributed by atoms with Crippen LogP contribution in [-0.4, -0.2) is 198 Å². The van der Waals surface area contributed by atoms with Crippen molar-refractivity contribution in [2.45, 2.75) is 165 Å². The van der Waals surface area contributed by atoms with Crippen LogP contribution in [0, 0.1) is 5.92 Å². The van der Waals surface area contributed by atoms with Crippen LogP contribution in [0.3, 0.4) is 0 Å². The van der Waals surface area contributed by atoms with E-state index in [1.807, 2.05) is 5.32 Å². The summed E-state index contributed by atoms with van der Waals surface area (Å²) >= 11 is 0. The van der Waals surface area contributed by atoms with Gasteiger partial charge in [-0.3, -0.25) is 62.3 Å². The van der Waals surface area contributed by atoms with Gasteiger partial charge in [0.05, 0.1) is 31.3 Å². The monoisotopic (exact) mass is 1230 g/mol. The number of phenols is 1. The molecule has 33 nitrogen and oxygen atoms in total. The van der Waals surface area contributed by atoms with Crippen molar-refractivity contribution in [2.24, 2.45) is 23.1 Å². The van der Waals surface area contributed by atoms with Crippen molar-refractivity contribution in [3.63, 3.8) is 0 Å². The number of amides is 11. The minimum absolute atomic E-state index is 0.211. The molecule has 0 bridgehead atoms. The number of aromatic hydroxyl groups is 1. The SMILES string of the molecule is CC[C@H](C)[C@H](NC(=O)[C@@H](N)CC(N)=O)C(=O)N[C@H](C(=O)N[C@@H](CCC(=O)O)C(=O)N[C@@H](CCC(=O)O)C(=O)N[C@@H](Cc1ccccc1)C(=O)N[C@@H](Cc1ccc(O)cc1)C(=O)N[C@@H](CCC(N)=O)C(=O)N[C@@H](CO)C(=O)N[C@H](C(=O)O)[C@@H](C)O)[C@@H](C)O. The lowest BCUT2D eigenvalue weighted by Crippen LogP contribution is -2.62. The average Bonchev–Trinajstić information content (AvgIpc) is 3.52. The summed E-state index contributed by atoms with van der Waals surface area (Å²) in [6.45, 7) is 4.16. The number of primary amides is 2. The summed E-state index contributed by atoms with van der Waals surface area (Å²) in [5, 5.41) is 89.8. The maximum absolute atomic E-state index is 14.6. The fraction of sp³-hybridized carbons (Fsp3) is 0.519. The molecule has 33 heteroatoms. The van der Waals surface area contributed by atoms with Gasteiger partial charge in [0.25, 0.3) is 0 Å². The Bertz CT molecular complexity index is 2750.